The van der Waals surface area contributed by atoms with Gasteiger partial charge in [0.05, 0.1) is 13.2 Å². The average Bonchev–Trinajstić information content (AvgIpc) is 2.95. The molecule has 0 aromatic carbocycles. The van der Waals surface area contributed by atoms with Crippen molar-refractivity contribution < 1.29 is 9.15 Å². The molecule has 1 N–H and O–H groups in total. The van der Waals surface area contributed by atoms with E-state index >= 15 is 0 Å². The van der Waals surface area contributed by atoms with Crippen LogP contribution in [0.3, 0.4) is 0 Å². The summed E-state index contributed by atoms with van der Waals surface area (Å²) in [6.07, 6.45) is 2.72. The minimum atomic E-state index is 0. The van der Waals surface area contributed by atoms with Crippen LogP contribution in [-0.4, -0.2) is 19.8 Å². The second-order valence-corrected chi connectivity index (χ2v) is 4.21. The Morgan fingerprint density at radius 3 is 2.88 bits per heavy atom. The largest absolute Gasteiger partial charge is 0.465 e. The van der Waals surface area contributed by atoms with E-state index in [-0.39, 0.29) is 12.4 Å². The maximum atomic E-state index is 5.51. The molecule has 0 atom stereocenters. The summed E-state index contributed by atoms with van der Waals surface area (Å²) in [6, 6.07) is 3.99. The topological polar surface area (TPSA) is 34.4 Å². The van der Waals surface area contributed by atoms with Gasteiger partial charge < -0.3 is 14.5 Å². The fourth-order valence-corrected chi connectivity index (χ4v) is 1.47. The minimum Gasteiger partial charge on any atom is -0.465 e. The van der Waals surface area contributed by atoms with Crippen LogP contribution in [0.4, 0.5) is 0 Å². The van der Waals surface area contributed by atoms with Crippen molar-refractivity contribution in [3.63, 3.8) is 0 Å². The van der Waals surface area contributed by atoms with Crippen molar-refractivity contribution in [3.05, 3.63) is 23.7 Å². The molecule has 1 saturated carbocycles. The molecule has 1 heterocycles. The van der Waals surface area contributed by atoms with Gasteiger partial charge in [0.25, 0.3) is 0 Å². The highest BCUT2D eigenvalue weighted by Gasteiger charge is 2.20. The lowest BCUT2D eigenvalue weighted by molar-refractivity contribution is 0.125. The normalized spacial score (nSPS) is 14.8. The van der Waals surface area contributed by atoms with Gasteiger partial charge in [-0.3, -0.25) is 0 Å². The van der Waals surface area contributed by atoms with Crippen LogP contribution in [0.1, 0.15) is 24.4 Å². The molecule has 1 aliphatic rings. The van der Waals surface area contributed by atoms with Crippen molar-refractivity contribution in [2.45, 2.75) is 26.3 Å². The van der Waals surface area contributed by atoms with Crippen LogP contribution in [0.5, 0.6) is 0 Å². The second kappa shape index (κ2) is 6.94. The molecule has 2 rings (SSSR count). The van der Waals surface area contributed by atoms with E-state index in [0.717, 1.165) is 43.7 Å². The van der Waals surface area contributed by atoms with Crippen LogP contribution < -0.4 is 5.32 Å². The van der Waals surface area contributed by atoms with Crippen LogP contribution in [0.25, 0.3) is 0 Å². The van der Waals surface area contributed by atoms with E-state index in [4.69, 9.17) is 9.15 Å². The first-order chi connectivity index (χ1) is 7.34. The van der Waals surface area contributed by atoms with Gasteiger partial charge in [0.2, 0.25) is 0 Å². The summed E-state index contributed by atoms with van der Waals surface area (Å²) >= 11 is 0. The van der Waals surface area contributed by atoms with Gasteiger partial charge in [-0.1, -0.05) is 0 Å². The molecule has 0 radical (unpaired) electrons. The van der Waals surface area contributed by atoms with E-state index in [2.05, 4.69) is 5.32 Å². The number of furan rings is 1. The Bertz CT molecular complexity index is 297. The van der Waals surface area contributed by atoms with Crippen molar-refractivity contribution in [2.75, 3.05) is 19.8 Å². The van der Waals surface area contributed by atoms with Gasteiger partial charge in [0, 0.05) is 13.2 Å². The van der Waals surface area contributed by atoms with Crippen molar-refractivity contribution in [3.8, 4) is 0 Å². The molecule has 0 unspecified atom stereocenters. The van der Waals surface area contributed by atoms with E-state index in [0.29, 0.717) is 0 Å². The van der Waals surface area contributed by atoms with Gasteiger partial charge in [0.1, 0.15) is 11.5 Å². The molecule has 4 heteroatoms. The molecule has 0 saturated heterocycles. The van der Waals surface area contributed by atoms with Gasteiger partial charge in [-0.25, -0.2) is 0 Å². The number of hydrogen-bond donors (Lipinski definition) is 1. The second-order valence-electron chi connectivity index (χ2n) is 4.21. The zero-order chi connectivity index (χ0) is 10.5. The molecule has 16 heavy (non-hydrogen) atoms. The monoisotopic (exact) mass is 245 g/mol. The first-order valence-corrected chi connectivity index (χ1v) is 5.68. The van der Waals surface area contributed by atoms with Crippen LogP contribution in [-0.2, 0) is 11.3 Å². The number of aryl methyl sites for hydroxylation is 1. The Balaban J connectivity index is 0.00000128. The molecule has 0 amide bonds. The van der Waals surface area contributed by atoms with Crippen LogP contribution in [0, 0.1) is 12.8 Å². The Morgan fingerprint density at radius 1 is 1.44 bits per heavy atom. The Hall–Kier alpha value is -0.510. The Labute approximate surface area is 103 Å². The summed E-state index contributed by atoms with van der Waals surface area (Å²) < 4.78 is 10.9. The summed E-state index contributed by atoms with van der Waals surface area (Å²) in [7, 11) is 0. The highest BCUT2D eigenvalue weighted by Crippen LogP contribution is 2.28. The number of hydrogen-bond acceptors (Lipinski definition) is 3. The fraction of sp³-hybridized carbons (Fsp3) is 0.667. The lowest BCUT2D eigenvalue weighted by atomic mass is 10.4. The van der Waals surface area contributed by atoms with Crippen molar-refractivity contribution in [2.24, 2.45) is 5.92 Å². The summed E-state index contributed by atoms with van der Waals surface area (Å²) in [5, 5.41) is 3.29. The summed E-state index contributed by atoms with van der Waals surface area (Å²) in [5.74, 6) is 2.82. The van der Waals surface area contributed by atoms with Gasteiger partial charge >= 0.3 is 0 Å². The molecule has 0 aliphatic heterocycles. The lowest BCUT2D eigenvalue weighted by Gasteiger charge is -2.03. The molecule has 92 valence electrons. The average molecular weight is 246 g/mol. The van der Waals surface area contributed by atoms with E-state index in [1.165, 1.54) is 12.8 Å². The molecule has 1 aliphatic carbocycles. The molecule has 0 spiro atoms. The molecule has 1 fully saturated rings. The molecular weight excluding hydrogens is 226 g/mol. The first-order valence-electron chi connectivity index (χ1n) is 5.68. The third kappa shape index (κ3) is 5.01. The van der Waals surface area contributed by atoms with E-state index in [1.54, 1.807) is 0 Å². The quantitative estimate of drug-likeness (QED) is 0.750. The zero-order valence-electron chi connectivity index (χ0n) is 9.70. The maximum Gasteiger partial charge on any atom is 0.117 e. The number of halogens is 1. The van der Waals surface area contributed by atoms with Crippen molar-refractivity contribution in [1.29, 1.82) is 0 Å². The maximum absolute atomic E-state index is 5.51. The summed E-state index contributed by atoms with van der Waals surface area (Å²) in [6.45, 7) is 5.40. The Kier molecular flexibility index (Phi) is 5.88. The van der Waals surface area contributed by atoms with Gasteiger partial charge in [0.15, 0.2) is 0 Å². The number of rotatable bonds is 7. The van der Waals surface area contributed by atoms with Crippen LogP contribution in [0.2, 0.25) is 0 Å². The van der Waals surface area contributed by atoms with E-state index in [1.807, 2.05) is 19.1 Å². The highest BCUT2D eigenvalue weighted by atomic mass is 35.5. The fourth-order valence-electron chi connectivity index (χ4n) is 1.47. The summed E-state index contributed by atoms with van der Waals surface area (Å²) in [5.41, 5.74) is 0. The molecule has 3 nitrogen and oxygen atoms in total. The van der Waals surface area contributed by atoms with Crippen LogP contribution >= 0.6 is 12.4 Å². The van der Waals surface area contributed by atoms with E-state index in [9.17, 15) is 0 Å². The smallest absolute Gasteiger partial charge is 0.117 e. The molecule has 1 aromatic heterocycles. The van der Waals surface area contributed by atoms with E-state index < -0.39 is 0 Å². The van der Waals surface area contributed by atoms with Crippen molar-refractivity contribution in [1.82, 2.24) is 5.32 Å². The molecule has 0 bridgehead atoms. The first kappa shape index (κ1) is 13.6. The SMILES string of the molecule is Cc1ccc(CNCCOCC2CC2)o1.Cl. The number of ether oxygens (including phenoxy) is 1. The third-order valence-corrected chi connectivity index (χ3v) is 2.57. The summed E-state index contributed by atoms with van der Waals surface area (Å²) in [4.78, 5) is 0. The van der Waals surface area contributed by atoms with Crippen molar-refractivity contribution >= 4 is 12.4 Å². The third-order valence-electron chi connectivity index (χ3n) is 2.57. The molecular formula is C12H20ClNO2. The van der Waals surface area contributed by atoms with Gasteiger partial charge in [-0.05, 0) is 37.8 Å². The standard InChI is InChI=1S/C12H19NO2.ClH/c1-10-2-5-12(15-10)8-13-6-7-14-9-11-3-4-11;/h2,5,11,13H,3-4,6-9H2,1H3;1H. The predicted octanol–water partition coefficient (Wildman–Crippen LogP) is 2.53. The van der Waals surface area contributed by atoms with Gasteiger partial charge in [-0.2, -0.15) is 0 Å². The molecule has 1 aromatic rings. The van der Waals surface area contributed by atoms with Gasteiger partial charge in [-0.15, -0.1) is 12.4 Å². The number of nitrogens with one attached hydrogen (secondary N) is 1. The lowest BCUT2D eigenvalue weighted by Crippen LogP contribution is -2.19. The highest BCUT2D eigenvalue weighted by molar-refractivity contribution is 5.85. The zero-order valence-corrected chi connectivity index (χ0v) is 10.5. The van der Waals surface area contributed by atoms with Crippen LogP contribution in [0.15, 0.2) is 16.5 Å². The minimum absolute atomic E-state index is 0. The predicted molar refractivity (Wildman–Crippen MR) is 65.9 cm³/mol. The Morgan fingerprint density at radius 2 is 2.25 bits per heavy atom.